The van der Waals surface area contributed by atoms with Crippen LogP contribution in [0.2, 0.25) is 5.02 Å². The maximum Gasteiger partial charge on any atom is 0.272 e. The van der Waals surface area contributed by atoms with Crippen molar-refractivity contribution in [2.45, 2.75) is 13.5 Å². The number of amides is 1. The Labute approximate surface area is 160 Å². The number of furan rings is 1. The summed E-state index contributed by atoms with van der Waals surface area (Å²) in [6, 6.07) is 15.1. The van der Waals surface area contributed by atoms with Crippen LogP contribution in [0.3, 0.4) is 0 Å². The van der Waals surface area contributed by atoms with E-state index in [4.69, 9.17) is 16.0 Å². The number of carbonyl (C=O) groups excluding carboxylic acids is 1. The number of nitrogens with zero attached hydrogens (tertiary/aromatic N) is 1. The van der Waals surface area contributed by atoms with Crippen molar-refractivity contribution < 1.29 is 13.6 Å². The first-order chi connectivity index (χ1) is 13.0. The molecule has 4 nitrogen and oxygen atoms in total. The average molecular weight is 383 g/mol. The molecule has 1 amide bonds. The number of hydrogen-bond acceptors (Lipinski definition) is 2. The number of anilines is 1. The largest absolute Gasteiger partial charge is 0.463 e. The highest BCUT2D eigenvalue weighted by Gasteiger charge is 2.18. The van der Waals surface area contributed by atoms with Gasteiger partial charge in [0.15, 0.2) is 5.58 Å². The van der Waals surface area contributed by atoms with E-state index in [9.17, 15) is 9.18 Å². The van der Waals surface area contributed by atoms with Crippen LogP contribution in [0.4, 0.5) is 10.1 Å². The standard InChI is InChI=1S/C21H16ClFN2O2/c1-13-5-6-16(10-17(13)22)24-21(26)19-11-20-18(7-8-27-20)25(19)12-14-3-2-4-15(23)9-14/h2-11H,12H2,1H3,(H,24,26). The summed E-state index contributed by atoms with van der Waals surface area (Å²) in [5.74, 6) is -0.610. The smallest absolute Gasteiger partial charge is 0.272 e. The molecule has 136 valence electrons. The molecular weight excluding hydrogens is 367 g/mol. The predicted octanol–water partition coefficient (Wildman–Crippen LogP) is 5.64. The highest BCUT2D eigenvalue weighted by Crippen LogP contribution is 2.25. The van der Waals surface area contributed by atoms with Gasteiger partial charge in [-0.2, -0.15) is 0 Å². The molecule has 0 aliphatic rings. The van der Waals surface area contributed by atoms with E-state index >= 15 is 0 Å². The van der Waals surface area contributed by atoms with Crippen molar-refractivity contribution in [2.24, 2.45) is 0 Å². The second-order valence-corrected chi connectivity index (χ2v) is 6.74. The number of aromatic nitrogens is 1. The normalized spacial score (nSPS) is 11.1. The second-order valence-electron chi connectivity index (χ2n) is 6.33. The third-order valence-electron chi connectivity index (χ3n) is 4.41. The SMILES string of the molecule is Cc1ccc(NC(=O)c2cc3occc3n2Cc2cccc(F)c2)cc1Cl. The zero-order valence-corrected chi connectivity index (χ0v) is 15.3. The third-order valence-corrected chi connectivity index (χ3v) is 4.82. The molecule has 2 heterocycles. The van der Waals surface area contributed by atoms with E-state index < -0.39 is 0 Å². The van der Waals surface area contributed by atoms with Crippen LogP contribution in [0.25, 0.3) is 11.1 Å². The fourth-order valence-corrected chi connectivity index (χ4v) is 3.20. The van der Waals surface area contributed by atoms with Crippen LogP contribution in [0, 0.1) is 12.7 Å². The van der Waals surface area contributed by atoms with Crippen molar-refractivity contribution in [3.05, 3.63) is 88.5 Å². The molecule has 4 rings (SSSR count). The first kappa shape index (κ1) is 17.4. The molecule has 2 aromatic heterocycles. The number of fused-ring (bicyclic) bond motifs is 1. The Morgan fingerprint density at radius 3 is 2.81 bits per heavy atom. The number of aryl methyl sites for hydroxylation is 1. The van der Waals surface area contributed by atoms with E-state index in [1.807, 2.05) is 19.1 Å². The molecule has 0 spiro atoms. The van der Waals surface area contributed by atoms with Gasteiger partial charge >= 0.3 is 0 Å². The Morgan fingerprint density at radius 1 is 1.19 bits per heavy atom. The number of benzene rings is 2. The van der Waals surface area contributed by atoms with E-state index in [1.54, 1.807) is 41.2 Å². The monoisotopic (exact) mass is 382 g/mol. The lowest BCUT2D eigenvalue weighted by molar-refractivity contribution is 0.101. The number of halogens is 2. The fraction of sp³-hybridized carbons (Fsp3) is 0.0952. The van der Waals surface area contributed by atoms with Gasteiger partial charge in [-0.1, -0.05) is 29.8 Å². The summed E-state index contributed by atoms with van der Waals surface area (Å²) in [5, 5.41) is 3.43. The van der Waals surface area contributed by atoms with Crippen molar-refractivity contribution >= 4 is 34.3 Å². The maximum absolute atomic E-state index is 13.5. The third kappa shape index (κ3) is 3.46. The van der Waals surface area contributed by atoms with Crippen LogP contribution in [-0.2, 0) is 6.54 Å². The zero-order valence-electron chi connectivity index (χ0n) is 14.5. The first-order valence-corrected chi connectivity index (χ1v) is 8.78. The van der Waals surface area contributed by atoms with Gasteiger partial charge in [0.1, 0.15) is 11.5 Å². The maximum atomic E-state index is 13.5. The number of rotatable bonds is 4. The van der Waals surface area contributed by atoms with Crippen LogP contribution in [-0.4, -0.2) is 10.5 Å². The van der Waals surface area contributed by atoms with E-state index in [1.165, 1.54) is 12.1 Å². The molecule has 0 saturated heterocycles. The molecule has 0 atom stereocenters. The minimum atomic E-state index is -0.316. The van der Waals surface area contributed by atoms with Crippen molar-refractivity contribution in [1.29, 1.82) is 0 Å². The van der Waals surface area contributed by atoms with Gasteiger partial charge in [-0.15, -0.1) is 0 Å². The van der Waals surface area contributed by atoms with Crippen molar-refractivity contribution in [3.8, 4) is 0 Å². The van der Waals surface area contributed by atoms with Crippen molar-refractivity contribution in [1.82, 2.24) is 4.57 Å². The van der Waals surface area contributed by atoms with Gasteiger partial charge in [0, 0.05) is 29.4 Å². The number of nitrogens with one attached hydrogen (secondary N) is 1. The second kappa shape index (κ2) is 6.93. The summed E-state index contributed by atoms with van der Waals surface area (Å²) in [4.78, 5) is 12.9. The molecule has 0 saturated carbocycles. The lowest BCUT2D eigenvalue weighted by atomic mass is 10.2. The van der Waals surface area contributed by atoms with Crippen LogP contribution in [0.5, 0.6) is 0 Å². The Balaban J connectivity index is 1.69. The van der Waals surface area contributed by atoms with Gasteiger partial charge in [-0.25, -0.2) is 4.39 Å². The minimum absolute atomic E-state index is 0.294. The molecule has 0 bridgehead atoms. The molecule has 0 aliphatic carbocycles. The van der Waals surface area contributed by atoms with Gasteiger partial charge < -0.3 is 14.3 Å². The summed E-state index contributed by atoms with van der Waals surface area (Å²) in [7, 11) is 0. The lowest BCUT2D eigenvalue weighted by Crippen LogP contribution is -2.17. The van der Waals surface area contributed by atoms with E-state index in [0.29, 0.717) is 28.5 Å². The van der Waals surface area contributed by atoms with Crippen molar-refractivity contribution in [2.75, 3.05) is 5.32 Å². The Bertz CT molecular complexity index is 1150. The zero-order chi connectivity index (χ0) is 19.0. The summed E-state index contributed by atoms with van der Waals surface area (Å²) in [6.07, 6.45) is 1.56. The topological polar surface area (TPSA) is 47.2 Å². The van der Waals surface area contributed by atoms with Crippen molar-refractivity contribution in [3.63, 3.8) is 0 Å². The van der Waals surface area contributed by atoms with Gasteiger partial charge in [0.2, 0.25) is 0 Å². The molecule has 2 aromatic carbocycles. The van der Waals surface area contributed by atoms with Gasteiger partial charge in [-0.3, -0.25) is 4.79 Å². The Hall–Kier alpha value is -3.05. The highest BCUT2D eigenvalue weighted by atomic mass is 35.5. The molecule has 1 N–H and O–H groups in total. The van der Waals surface area contributed by atoms with Gasteiger partial charge in [0.05, 0.1) is 11.8 Å². The Morgan fingerprint density at radius 2 is 2.04 bits per heavy atom. The van der Waals surface area contributed by atoms with Crippen LogP contribution >= 0.6 is 11.6 Å². The highest BCUT2D eigenvalue weighted by molar-refractivity contribution is 6.31. The first-order valence-electron chi connectivity index (χ1n) is 8.40. The summed E-state index contributed by atoms with van der Waals surface area (Å²) in [5.41, 5.74) is 4.07. The quantitative estimate of drug-likeness (QED) is 0.496. The lowest BCUT2D eigenvalue weighted by Gasteiger charge is -2.11. The van der Waals surface area contributed by atoms with Gasteiger partial charge in [0.25, 0.3) is 5.91 Å². The van der Waals surface area contributed by atoms with Crippen LogP contribution in [0.1, 0.15) is 21.6 Å². The molecular formula is C21H16ClFN2O2. The summed E-state index contributed by atoms with van der Waals surface area (Å²) < 4.78 is 20.8. The summed E-state index contributed by atoms with van der Waals surface area (Å²) in [6.45, 7) is 2.24. The Kier molecular flexibility index (Phi) is 4.46. The molecule has 27 heavy (non-hydrogen) atoms. The fourth-order valence-electron chi connectivity index (χ4n) is 3.02. The van der Waals surface area contributed by atoms with Crippen LogP contribution < -0.4 is 5.32 Å². The molecule has 0 aliphatic heterocycles. The van der Waals surface area contributed by atoms with E-state index in [-0.39, 0.29) is 11.7 Å². The van der Waals surface area contributed by atoms with Crippen LogP contribution in [0.15, 0.2) is 65.3 Å². The number of carbonyl (C=O) groups is 1. The molecule has 0 fully saturated rings. The molecule has 0 radical (unpaired) electrons. The van der Waals surface area contributed by atoms with Gasteiger partial charge in [-0.05, 0) is 42.3 Å². The molecule has 0 unspecified atom stereocenters. The summed E-state index contributed by atoms with van der Waals surface area (Å²) >= 11 is 6.14. The average Bonchev–Trinajstić information content (AvgIpc) is 3.21. The minimum Gasteiger partial charge on any atom is -0.463 e. The van der Waals surface area contributed by atoms with E-state index in [2.05, 4.69) is 5.32 Å². The molecule has 4 aromatic rings. The van der Waals surface area contributed by atoms with E-state index in [0.717, 1.165) is 16.6 Å². The predicted molar refractivity (Wildman–Crippen MR) is 104 cm³/mol. The number of hydrogen-bond donors (Lipinski definition) is 1. The molecule has 6 heteroatoms.